The summed E-state index contributed by atoms with van der Waals surface area (Å²) in [7, 11) is 0. The molecule has 1 aliphatic carbocycles. The van der Waals surface area contributed by atoms with Gasteiger partial charge in [-0.3, -0.25) is 15.6 Å². The van der Waals surface area contributed by atoms with Crippen molar-refractivity contribution in [2.75, 3.05) is 12.0 Å². The summed E-state index contributed by atoms with van der Waals surface area (Å²) in [5, 5.41) is 2.61. The van der Waals surface area contributed by atoms with Crippen LogP contribution in [0.1, 0.15) is 19.3 Å². The van der Waals surface area contributed by atoms with Gasteiger partial charge in [-0.1, -0.05) is 0 Å². The molecule has 3 amide bonds. The number of amides is 3. The van der Waals surface area contributed by atoms with Gasteiger partial charge in [-0.2, -0.15) is 13.2 Å². The molecule has 2 atom stereocenters. The van der Waals surface area contributed by atoms with Gasteiger partial charge in [-0.05, 0) is 43.5 Å². The average molecular weight is 374 g/mol. The van der Waals surface area contributed by atoms with Crippen LogP contribution in [0.4, 0.5) is 28.0 Å². The van der Waals surface area contributed by atoms with Crippen molar-refractivity contribution in [3.05, 3.63) is 30.1 Å². The van der Waals surface area contributed by atoms with E-state index >= 15 is 0 Å². The van der Waals surface area contributed by atoms with Gasteiger partial charge in [0.15, 0.2) is 0 Å². The monoisotopic (exact) mass is 374 g/mol. The van der Waals surface area contributed by atoms with Gasteiger partial charge in [0, 0.05) is 12.6 Å². The van der Waals surface area contributed by atoms with Crippen molar-refractivity contribution < 1.29 is 27.2 Å². The number of nitrogens with one attached hydrogen (secondary N) is 3. The fraction of sp³-hybridized carbons (Fsp3) is 0.500. The van der Waals surface area contributed by atoms with Gasteiger partial charge in [0.05, 0.1) is 11.6 Å². The Morgan fingerprint density at radius 2 is 1.77 bits per heavy atom. The van der Waals surface area contributed by atoms with Crippen LogP contribution in [0.25, 0.3) is 0 Å². The summed E-state index contributed by atoms with van der Waals surface area (Å²) in [6.07, 6.45) is -3.42. The average Bonchev–Trinajstić information content (AvgIpc) is 3.25. The zero-order chi connectivity index (χ0) is 18.9. The van der Waals surface area contributed by atoms with E-state index in [1.54, 1.807) is 0 Å². The van der Waals surface area contributed by atoms with E-state index in [1.165, 1.54) is 24.3 Å². The molecule has 1 saturated heterocycles. The van der Waals surface area contributed by atoms with Gasteiger partial charge in [0.1, 0.15) is 11.9 Å². The number of hydrogen-bond donors (Lipinski definition) is 3. The van der Waals surface area contributed by atoms with Crippen LogP contribution in [0, 0.1) is 11.7 Å². The molecule has 0 bridgehead atoms. The minimum Gasteiger partial charge on any atom is -0.335 e. The molecule has 2 aliphatic rings. The third-order valence-electron chi connectivity index (χ3n) is 4.41. The van der Waals surface area contributed by atoms with Gasteiger partial charge < -0.3 is 10.2 Å². The molecule has 1 aliphatic heterocycles. The van der Waals surface area contributed by atoms with Crippen molar-refractivity contribution >= 4 is 17.6 Å². The molecule has 142 valence electrons. The minimum atomic E-state index is -4.49. The molecule has 0 spiro atoms. The number of halogens is 4. The van der Waals surface area contributed by atoms with E-state index in [1.807, 2.05) is 0 Å². The third kappa shape index (κ3) is 4.36. The topological polar surface area (TPSA) is 73.5 Å². The Morgan fingerprint density at radius 3 is 2.35 bits per heavy atom. The van der Waals surface area contributed by atoms with Crippen LogP contribution in [-0.4, -0.2) is 41.6 Å². The largest absolute Gasteiger partial charge is 0.393 e. The molecule has 1 aromatic rings. The lowest BCUT2D eigenvalue weighted by Gasteiger charge is -2.24. The first-order valence-corrected chi connectivity index (χ1v) is 8.19. The number of hydrogen-bond acceptors (Lipinski definition) is 3. The van der Waals surface area contributed by atoms with Crippen LogP contribution in [0.2, 0.25) is 0 Å². The highest BCUT2D eigenvalue weighted by atomic mass is 19.4. The highest BCUT2D eigenvalue weighted by Crippen LogP contribution is 2.37. The van der Waals surface area contributed by atoms with E-state index < -0.39 is 48.9 Å². The van der Waals surface area contributed by atoms with Crippen molar-refractivity contribution in [1.82, 2.24) is 15.6 Å². The third-order valence-corrected chi connectivity index (χ3v) is 4.41. The predicted molar refractivity (Wildman–Crippen MR) is 84.4 cm³/mol. The van der Waals surface area contributed by atoms with Crippen LogP contribution in [0.5, 0.6) is 0 Å². The maximum atomic E-state index is 13.1. The number of anilines is 1. The number of hydrazine groups is 1. The summed E-state index contributed by atoms with van der Waals surface area (Å²) in [6.45, 7) is -0.559. The number of likely N-dealkylation sites (tertiary alicyclic amines) is 1. The van der Waals surface area contributed by atoms with Gasteiger partial charge in [-0.25, -0.2) is 9.18 Å². The molecule has 6 nitrogen and oxygen atoms in total. The number of carbonyl (C=O) groups is 2. The maximum absolute atomic E-state index is 13.1. The zero-order valence-corrected chi connectivity index (χ0v) is 13.6. The quantitative estimate of drug-likeness (QED) is 0.560. The van der Waals surface area contributed by atoms with Crippen molar-refractivity contribution in [2.45, 2.75) is 37.5 Å². The minimum absolute atomic E-state index is 0.0338. The second kappa shape index (κ2) is 7.00. The highest BCUT2D eigenvalue weighted by Gasteiger charge is 2.51. The van der Waals surface area contributed by atoms with E-state index in [0.717, 1.165) is 17.7 Å². The molecule has 1 aromatic carbocycles. The smallest absolute Gasteiger partial charge is 0.335 e. The molecule has 2 unspecified atom stereocenters. The number of urea groups is 1. The molecular formula is C16H18F4N4O2. The van der Waals surface area contributed by atoms with Crippen LogP contribution in [0.3, 0.4) is 0 Å². The molecule has 3 rings (SSSR count). The SMILES string of the molecule is O=C(NNc1ccc(F)cc1)C1CC(C(F)(F)F)CN1C(=O)NC1CC1. The Morgan fingerprint density at radius 1 is 1.12 bits per heavy atom. The van der Waals surface area contributed by atoms with Gasteiger partial charge in [0.2, 0.25) is 0 Å². The van der Waals surface area contributed by atoms with Crippen LogP contribution in [0.15, 0.2) is 24.3 Å². The van der Waals surface area contributed by atoms with Gasteiger partial charge in [-0.15, -0.1) is 0 Å². The van der Waals surface area contributed by atoms with Crippen molar-refractivity contribution in [3.63, 3.8) is 0 Å². The molecule has 1 saturated carbocycles. The van der Waals surface area contributed by atoms with Crippen molar-refractivity contribution in [1.29, 1.82) is 0 Å². The molecule has 3 N–H and O–H groups in total. The highest BCUT2D eigenvalue weighted by molar-refractivity contribution is 5.88. The Kier molecular flexibility index (Phi) is 4.92. The fourth-order valence-corrected chi connectivity index (χ4v) is 2.78. The first-order chi connectivity index (χ1) is 12.2. The number of carbonyl (C=O) groups excluding carboxylic acids is 2. The summed E-state index contributed by atoms with van der Waals surface area (Å²) >= 11 is 0. The number of alkyl halides is 3. The van der Waals surface area contributed by atoms with E-state index in [9.17, 15) is 27.2 Å². The lowest BCUT2D eigenvalue weighted by atomic mass is 10.1. The summed E-state index contributed by atoms with van der Waals surface area (Å²) in [5.41, 5.74) is 5.15. The number of rotatable bonds is 4. The van der Waals surface area contributed by atoms with E-state index in [4.69, 9.17) is 0 Å². The summed E-state index contributed by atoms with van der Waals surface area (Å²) in [6, 6.07) is 3.11. The standard InChI is InChI=1S/C16H18F4N4O2/c17-10-1-3-12(4-2-10)22-23-14(25)13-7-9(16(18,19)20)8-24(13)15(26)21-11-5-6-11/h1-4,9,11,13,22H,5-8H2,(H,21,26)(H,23,25). The second-order valence-corrected chi connectivity index (χ2v) is 6.49. The molecule has 1 heterocycles. The van der Waals surface area contributed by atoms with Crippen molar-refractivity contribution in [3.8, 4) is 0 Å². The van der Waals surface area contributed by atoms with Gasteiger partial charge >= 0.3 is 12.2 Å². The Bertz CT molecular complexity index is 676. The lowest BCUT2D eigenvalue weighted by Crippen LogP contribution is -2.51. The normalized spacial score (nSPS) is 22.8. The van der Waals surface area contributed by atoms with E-state index in [2.05, 4.69) is 16.2 Å². The van der Waals surface area contributed by atoms with E-state index in [0.29, 0.717) is 5.69 Å². The van der Waals surface area contributed by atoms with Crippen molar-refractivity contribution in [2.24, 2.45) is 5.92 Å². The molecule has 26 heavy (non-hydrogen) atoms. The Hall–Kier alpha value is -2.52. The van der Waals surface area contributed by atoms with E-state index in [-0.39, 0.29) is 6.04 Å². The molecule has 0 radical (unpaired) electrons. The molecule has 2 fully saturated rings. The summed E-state index contributed by atoms with van der Waals surface area (Å²) < 4.78 is 52.0. The van der Waals surface area contributed by atoms with Crippen LogP contribution in [-0.2, 0) is 4.79 Å². The van der Waals surface area contributed by atoms with Gasteiger partial charge in [0.25, 0.3) is 5.91 Å². The maximum Gasteiger partial charge on any atom is 0.393 e. The first kappa shape index (κ1) is 18.3. The van der Waals surface area contributed by atoms with Crippen LogP contribution < -0.4 is 16.2 Å². The van der Waals surface area contributed by atoms with Crippen LogP contribution >= 0.6 is 0 Å². The molecular weight excluding hydrogens is 356 g/mol. The second-order valence-electron chi connectivity index (χ2n) is 6.49. The summed E-state index contributed by atoms with van der Waals surface area (Å²) in [5.74, 6) is -2.98. The first-order valence-electron chi connectivity index (χ1n) is 8.19. The molecule has 10 heteroatoms. The fourth-order valence-electron chi connectivity index (χ4n) is 2.78. The zero-order valence-electron chi connectivity index (χ0n) is 13.6. The number of nitrogens with zero attached hydrogens (tertiary/aromatic N) is 1. The Labute approximate surface area is 146 Å². The Balaban J connectivity index is 1.65. The summed E-state index contributed by atoms with van der Waals surface area (Å²) in [4.78, 5) is 25.5. The lowest BCUT2D eigenvalue weighted by molar-refractivity contribution is -0.170. The predicted octanol–water partition coefficient (Wildman–Crippen LogP) is 2.39. The molecule has 0 aromatic heterocycles. The number of benzene rings is 1.